The van der Waals surface area contributed by atoms with Gasteiger partial charge in [-0.05, 0) is 88.6 Å². The third kappa shape index (κ3) is 3.61. The van der Waals surface area contributed by atoms with Gasteiger partial charge in [-0.3, -0.25) is 0 Å². The summed E-state index contributed by atoms with van der Waals surface area (Å²) in [5, 5.41) is 3.57. The first-order chi connectivity index (χ1) is 24.8. The number of hydrogen-bond donors (Lipinski definition) is 0. The lowest BCUT2D eigenvalue weighted by atomic mass is 9.83. The summed E-state index contributed by atoms with van der Waals surface area (Å²) >= 11 is 0. The maximum absolute atomic E-state index is 9.84. The molecule has 0 spiro atoms. The fourth-order valence-electron chi connectivity index (χ4n) is 5.57. The third-order valence-corrected chi connectivity index (χ3v) is 7.35. The summed E-state index contributed by atoms with van der Waals surface area (Å²) in [7, 11) is 0. The lowest BCUT2D eigenvalue weighted by Gasteiger charge is -2.20. The third-order valence-electron chi connectivity index (χ3n) is 7.35. The SMILES string of the molecule is [2H]c1c([2H])c([2H])c(-c2c([2H])c([2H])c3c(-c4cccc5ccccc45)c4c([2H])c([2H])c([2H])c([2H])c4c(-c4ccc5ccccc5c4)c3c2[2H])c([2H])c1[2H]. The number of hydrogen-bond acceptors (Lipinski definition) is 0. The molecule has 8 aromatic rings. The molecule has 0 fully saturated rings. The Morgan fingerprint density at radius 1 is 0.375 bits per heavy atom. The van der Waals surface area contributed by atoms with Crippen molar-refractivity contribution in [3.05, 3.63) is 157 Å². The van der Waals surface area contributed by atoms with Crippen molar-refractivity contribution in [2.75, 3.05) is 0 Å². The Morgan fingerprint density at radius 2 is 1.05 bits per heavy atom. The van der Waals surface area contributed by atoms with Crippen LogP contribution >= 0.6 is 0 Å². The van der Waals surface area contributed by atoms with Gasteiger partial charge in [-0.25, -0.2) is 0 Å². The molecule has 0 atom stereocenters. The van der Waals surface area contributed by atoms with Gasteiger partial charge in [0.1, 0.15) is 0 Å². The van der Waals surface area contributed by atoms with E-state index in [-0.39, 0.29) is 50.3 Å². The summed E-state index contributed by atoms with van der Waals surface area (Å²) < 4.78 is 107. The molecule has 0 heterocycles. The summed E-state index contributed by atoms with van der Waals surface area (Å²) in [5.41, 5.74) is 0.687. The maximum atomic E-state index is 9.84. The first kappa shape index (κ1) is 13.7. The molecule has 0 nitrogen and oxygen atoms in total. The van der Waals surface area contributed by atoms with Gasteiger partial charge in [-0.1, -0.05) is 145 Å². The minimum atomic E-state index is -0.653. The normalized spacial score (nSPS) is 15.7. The lowest BCUT2D eigenvalue weighted by molar-refractivity contribution is 1.64. The number of benzene rings is 8. The highest BCUT2D eigenvalue weighted by Gasteiger charge is 2.18. The van der Waals surface area contributed by atoms with E-state index in [1.807, 2.05) is 66.7 Å². The summed E-state index contributed by atoms with van der Waals surface area (Å²) in [6.45, 7) is 0. The monoisotopic (exact) mass is 518 g/mol. The van der Waals surface area contributed by atoms with Gasteiger partial charge in [-0.15, -0.1) is 0 Å². The summed E-state index contributed by atoms with van der Waals surface area (Å²) in [6, 6.07) is 19.7. The Kier molecular flexibility index (Phi) is 3.17. The van der Waals surface area contributed by atoms with Gasteiger partial charge in [0, 0.05) is 0 Å². The van der Waals surface area contributed by atoms with E-state index < -0.39 is 66.0 Å². The van der Waals surface area contributed by atoms with E-state index in [2.05, 4.69) is 0 Å². The Hall–Kier alpha value is -5.20. The molecule has 40 heavy (non-hydrogen) atoms. The second kappa shape index (κ2) is 9.22. The molecule has 0 amide bonds. The largest absolute Gasteiger partial charge is 0.0636 e. The van der Waals surface area contributed by atoms with Gasteiger partial charge < -0.3 is 0 Å². The van der Waals surface area contributed by atoms with Crippen LogP contribution in [0, 0.1) is 0 Å². The topological polar surface area (TPSA) is 0 Å². The van der Waals surface area contributed by atoms with E-state index in [0.717, 1.165) is 16.2 Å². The molecule has 0 aromatic heterocycles. The summed E-state index contributed by atoms with van der Waals surface area (Å²) in [4.78, 5) is 0. The van der Waals surface area contributed by atoms with Crippen LogP contribution in [0.2, 0.25) is 0 Å². The fourth-order valence-corrected chi connectivity index (χ4v) is 5.57. The van der Waals surface area contributed by atoms with Gasteiger partial charge in [-0.2, -0.15) is 0 Å². The van der Waals surface area contributed by atoms with Gasteiger partial charge in [0.05, 0.1) is 16.4 Å². The lowest BCUT2D eigenvalue weighted by Crippen LogP contribution is -1.92. The van der Waals surface area contributed by atoms with Crippen molar-refractivity contribution in [3.63, 3.8) is 0 Å². The fraction of sp³-hybridized carbons (Fsp3) is 0. The molecule has 0 saturated carbocycles. The molecule has 0 saturated heterocycles. The van der Waals surface area contributed by atoms with Crippen LogP contribution in [0.3, 0.4) is 0 Å². The first-order valence-corrected chi connectivity index (χ1v) is 12.9. The highest BCUT2D eigenvalue weighted by molar-refractivity contribution is 6.24. The van der Waals surface area contributed by atoms with Gasteiger partial charge in [0.15, 0.2) is 0 Å². The molecule has 0 unspecified atom stereocenters. The molecule has 0 aliphatic carbocycles. The molecule has 186 valence electrons. The molecule has 0 heteroatoms. The molecule has 8 rings (SSSR count). The van der Waals surface area contributed by atoms with E-state index >= 15 is 0 Å². The predicted octanol–water partition coefficient (Wildman–Crippen LogP) is 11.3. The summed E-state index contributed by atoms with van der Waals surface area (Å²) in [5.74, 6) is 0. The van der Waals surface area contributed by atoms with Crippen molar-refractivity contribution in [1.82, 2.24) is 0 Å². The highest BCUT2D eigenvalue weighted by Crippen LogP contribution is 2.46. The Labute approximate surface area is 250 Å². The summed E-state index contributed by atoms with van der Waals surface area (Å²) in [6.07, 6.45) is 0. The van der Waals surface area contributed by atoms with E-state index in [1.165, 1.54) is 0 Å². The zero-order valence-corrected chi connectivity index (χ0v) is 21.1. The van der Waals surface area contributed by atoms with Crippen LogP contribution in [0.25, 0.3) is 76.5 Å². The molecule has 0 bridgehead atoms. The van der Waals surface area contributed by atoms with Crippen LogP contribution in [-0.2, 0) is 0 Å². The van der Waals surface area contributed by atoms with Crippen LogP contribution < -0.4 is 0 Å². The van der Waals surface area contributed by atoms with Crippen LogP contribution in [0.5, 0.6) is 0 Å². The Morgan fingerprint density at radius 3 is 1.90 bits per heavy atom. The van der Waals surface area contributed by atoms with Crippen LogP contribution in [0.1, 0.15) is 16.4 Å². The first-order valence-electron chi connectivity index (χ1n) is 18.9. The van der Waals surface area contributed by atoms with Crippen LogP contribution in [0.4, 0.5) is 0 Å². The van der Waals surface area contributed by atoms with Crippen LogP contribution in [-0.4, -0.2) is 0 Å². The Balaban J connectivity index is 1.73. The van der Waals surface area contributed by atoms with Gasteiger partial charge >= 0.3 is 0 Å². The standard InChI is InChI=1S/C40H26/c1-2-11-27(12-3-1)31-23-24-37-38(26-31)39(32-22-21-28-13-4-5-15-30(28)25-32)35-18-8-9-19-36(35)40(37)34-20-10-16-29-14-6-7-17-33(29)34/h1-26H/i1D,2D,3D,8D,9D,11D,12D,18D,19D,23D,24D,26D. The predicted molar refractivity (Wildman–Crippen MR) is 173 cm³/mol. The average Bonchev–Trinajstić information content (AvgIpc) is 3.16. The number of rotatable bonds is 3. The minimum Gasteiger partial charge on any atom is -0.0622 e. The van der Waals surface area contributed by atoms with Crippen molar-refractivity contribution in [3.8, 4) is 33.4 Å². The Bertz CT molecular complexity index is 2840. The minimum absolute atomic E-state index is 0.0542. The smallest absolute Gasteiger partial charge is 0.0622 e. The zero-order chi connectivity index (χ0) is 36.9. The van der Waals surface area contributed by atoms with Gasteiger partial charge in [0.25, 0.3) is 0 Å². The van der Waals surface area contributed by atoms with Crippen molar-refractivity contribution in [2.45, 2.75) is 0 Å². The van der Waals surface area contributed by atoms with Crippen molar-refractivity contribution < 1.29 is 16.4 Å². The average molecular weight is 519 g/mol. The molecular weight excluding hydrogens is 480 g/mol. The molecule has 0 aliphatic heterocycles. The van der Waals surface area contributed by atoms with E-state index in [9.17, 15) is 6.85 Å². The van der Waals surface area contributed by atoms with Crippen LogP contribution in [0.15, 0.2) is 157 Å². The van der Waals surface area contributed by atoms with E-state index in [0.29, 0.717) is 16.5 Å². The van der Waals surface area contributed by atoms with E-state index in [4.69, 9.17) is 9.60 Å². The highest BCUT2D eigenvalue weighted by atomic mass is 14.2. The second-order valence-electron chi connectivity index (χ2n) is 9.59. The molecule has 0 radical (unpaired) electrons. The van der Waals surface area contributed by atoms with Crippen molar-refractivity contribution >= 4 is 43.1 Å². The number of fused-ring (bicyclic) bond motifs is 4. The molecule has 0 N–H and O–H groups in total. The van der Waals surface area contributed by atoms with Crippen molar-refractivity contribution in [2.24, 2.45) is 0 Å². The molecular formula is C40H26. The maximum Gasteiger partial charge on any atom is 0.0636 e. The van der Waals surface area contributed by atoms with Crippen molar-refractivity contribution in [1.29, 1.82) is 0 Å². The zero-order valence-electron chi connectivity index (χ0n) is 33.1. The molecule has 8 aromatic carbocycles. The molecule has 0 aliphatic rings. The van der Waals surface area contributed by atoms with Gasteiger partial charge in [0.2, 0.25) is 0 Å². The quantitative estimate of drug-likeness (QED) is 0.204. The second-order valence-corrected chi connectivity index (χ2v) is 9.59. The van der Waals surface area contributed by atoms with E-state index in [1.54, 1.807) is 18.2 Å².